The van der Waals surface area contributed by atoms with Crippen LogP contribution in [0.2, 0.25) is 0 Å². The number of rotatable bonds is 0. The van der Waals surface area contributed by atoms with Crippen LogP contribution >= 0.6 is 0 Å². The maximum Gasteiger partial charge on any atom is 0.338 e. The van der Waals surface area contributed by atoms with E-state index in [1.54, 1.807) is 0 Å². The van der Waals surface area contributed by atoms with E-state index in [1.165, 1.54) is 0 Å². The number of aliphatic hydroxyl groups is 1. The average molecular weight is 214 g/mol. The van der Waals surface area contributed by atoms with Crippen molar-refractivity contribution in [3.05, 3.63) is 0 Å². The molecule has 0 radical (unpaired) electrons. The highest BCUT2D eigenvalue weighted by Gasteiger charge is 2.62. The third kappa shape index (κ3) is 1.23. The Hall–Kier alpha value is -0.650. The van der Waals surface area contributed by atoms with E-state index in [4.69, 9.17) is 14.2 Å². The molecule has 3 unspecified atom stereocenters. The Bertz CT molecular complexity index is 326. The summed E-state index contributed by atoms with van der Waals surface area (Å²) in [5.74, 6) is -1.19. The normalized spacial score (nSPS) is 51.4. The lowest BCUT2D eigenvalue weighted by Crippen LogP contribution is -2.47. The first-order chi connectivity index (χ1) is 6.90. The van der Waals surface area contributed by atoms with Crippen LogP contribution in [-0.2, 0) is 19.0 Å². The molecule has 2 saturated heterocycles. The summed E-state index contributed by atoms with van der Waals surface area (Å²) in [7, 11) is 0. The number of carbonyl (C=O) groups is 1. The summed E-state index contributed by atoms with van der Waals surface area (Å²) in [5.41, 5.74) is -1.35. The minimum atomic E-state index is -1.35. The average Bonchev–Trinajstić information content (AvgIpc) is 2.50. The van der Waals surface area contributed by atoms with E-state index in [0.29, 0.717) is 6.42 Å². The second-order valence-corrected chi connectivity index (χ2v) is 5.02. The van der Waals surface area contributed by atoms with Crippen molar-refractivity contribution in [2.45, 2.75) is 56.4 Å². The standard InChI is InChI=1S/C10H14O5/c1-9(2)14-6-4-10(12)3-5(7(6)15-9)13-8(10)11/h5-7,12H,3-4H2,1-2H3/t5-,6?,7?,10?/m1/s1. The molecule has 1 saturated carbocycles. The van der Waals surface area contributed by atoms with E-state index >= 15 is 0 Å². The molecular formula is C10H14O5. The molecule has 0 spiro atoms. The highest BCUT2D eigenvalue weighted by molar-refractivity contribution is 5.82. The first-order valence-electron chi connectivity index (χ1n) is 5.19. The first-order valence-corrected chi connectivity index (χ1v) is 5.19. The van der Waals surface area contributed by atoms with Gasteiger partial charge in [0, 0.05) is 12.8 Å². The lowest BCUT2D eigenvalue weighted by Gasteiger charge is -2.29. The summed E-state index contributed by atoms with van der Waals surface area (Å²) in [6, 6.07) is 0. The van der Waals surface area contributed by atoms with Crippen molar-refractivity contribution in [2.75, 3.05) is 0 Å². The molecule has 0 aromatic rings. The van der Waals surface area contributed by atoms with Gasteiger partial charge >= 0.3 is 5.97 Å². The van der Waals surface area contributed by atoms with Gasteiger partial charge in [0.05, 0.1) is 6.10 Å². The Morgan fingerprint density at radius 3 is 2.67 bits per heavy atom. The van der Waals surface area contributed by atoms with Crippen molar-refractivity contribution in [2.24, 2.45) is 0 Å². The zero-order valence-corrected chi connectivity index (χ0v) is 8.73. The van der Waals surface area contributed by atoms with Crippen molar-refractivity contribution in [1.82, 2.24) is 0 Å². The van der Waals surface area contributed by atoms with Gasteiger partial charge in [0.1, 0.15) is 12.2 Å². The quantitative estimate of drug-likeness (QED) is 0.573. The summed E-state index contributed by atoms with van der Waals surface area (Å²) in [4.78, 5) is 11.4. The van der Waals surface area contributed by atoms with Crippen LogP contribution in [0.4, 0.5) is 0 Å². The van der Waals surface area contributed by atoms with Gasteiger partial charge in [-0.1, -0.05) is 0 Å². The molecule has 3 aliphatic rings. The lowest BCUT2D eigenvalue weighted by atomic mass is 9.82. The van der Waals surface area contributed by atoms with Crippen molar-refractivity contribution >= 4 is 5.97 Å². The number of carbonyl (C=O) groups excluding carboxylic acids is 1. The van der Waals surface area contributed by atoms with Gasteiger partial charge in [-0.05, 0) is 13.8 Å². The van der Waals surface area contributed by atoms with Crippen molar-refractivity contribution < 1.29 is 24.1 Å². The molecular weight excluding hydrogens is 200 g/mol. The van der Waals surface area contributed by atoms with Crippen LogP contribution in [-0.4, -0.2) is 40.8 Å². The van der Waals surface area contributed by atoms with Gasteiger partial charge in [-0.25, -0.2) is 4.79 Å². The van der Waals surface area contributed by atoms with Gasteiger partial charge in [0.2, 0.25) is 0 Å². The maximum atomic E-state index is 11.4. The first kappa shape index (κ1) is 9.57. The zero-order chi connectivity index (χ0) is 10.8. The summed E-state index contributed by atoms with van der Waals surface area (Å²) in [5, 5.41) is 10.00. The number of esters is 1. The SMILES string of the molecule is CC1(C)OC2CC3(O)C[C@@H](OC3=O)C2O1. The zero-order valence-electron chi connectivity index (χ0n) is 8.73. The molecule has 15 heavy (non-hydrogen) atoms. The molecule has 0 aromatic carbocycles. The Labute approximate surface area is 87.3 Å². The minimum Gasteiger partial charge on any atom is -0.457 e. The van der Waals surface area contributed by atoms with E-state index in [2.05, 4.69) is 0 Å². The van der Waals surface area contributed by atoms with Gasteiger partial charge in [0.25, 0.3) is 0 Å². The highest BCUT2D eigenvalue weighted by atomic mass is 16.8. The van der Waals surface area contributed by atoms with E-state index in [9.17, 15) is 9.90 Å². The molecule has 2 heterocycles. The van der Waals surface area contributed by atoms with E-state index in [1.807, 2.05) is 13.8 Å². The largest absolute Gasteiger partial charge is 0.457 e. The molecule has 2 aliphatic heterocycles. The van der Waals surface area contributed by atoms with Crippen molar-refractivity contribution in [3.8, 4) is 0 Å². The molecule has 84 valence electrons. The molecule has 0 amide bonds. The number of ether oxygens (including phenoxy) is 3. The summed E-state index contributed by atoms with van der Waals surface area (Å²) < 4.78 is 16.4. The second-order valence-electron chi connectivity index (χ2n) is 5.02. The predicted octanol–water partition coefficient (Wildman–Crippen LogP) is -0.0432. The molecule has 1 aliphatic carbocycles. The van der Waals surface area contributed by atoms with Gasteiger partial charge in [-0.3, -0.25) is 0 Å². The van der Waals surface area contributed by atoms with E-state index in [-0.39, 0.29) is 24.7 Å². The lowest BCUT2D eigenvalue weighted by molar-refractivity contribution is -0.171. The fourth-order valence-corrected chi connectivity index (χ4v) is 2.72. The molecule has 4 atom stereocenters. The highest BCUT2D eigenvalue weighted by Crippen LogP contribution is 2.46. The van der Waals surface area contributed by atoms with E-state index < -0.39 is 17.4 Å². The third-order valence-electron chi connectivity index (χ3n) is 3.30. The summed E-state index contributed by atoms with van der Waals surface area (Å²) >= 11 is 0. The smallest absolute Gasteiger partial charge is 0.338 e. The molecule has 3 rings (SSSR count). The fourth-order valence-electron chi connectivity index (χ4n) is 2.72. The Balaban J connectivity index is 1.90. The van der Waals surface area contributed by atoms with Crippen LogP contribution in [0.15, 0.2) is 0 Å². The maximum absolute atomic E-state index is 11.4. The topological polar surface area (TPSA) is 65.0 Å². The Morgan fingerprint density at radius 1 is 1.27 bits per heavy atom. The number of fused-ring (bicyclic) bond motifs is 4. The van der Waals surface area contributed by atoms with Crippen LogP contribution in [0.1, 0.15) is 26.7 Å². The van der Waals surface area contributed by atoms with Crippen LogP contribution in [0.3, 0.4) is 0 Å². The second kappa shape index (κ2) is 2.53. The van der Waals surface area contributed by atoms with Crippen LogP contribution in [0.25, 0.3) is 0 Å². The van der Waals surface area contributed by atoms with Gasteiger partial charge in [-0.2, -0.15) is 0 Å². The molecule has 5 nitrogen and oxygen atoms in total. The Kier molecular flexibility index (Phi) is 1.62. The van der Waals surface area contributed by atoms with Crippen LogP contribution in [0.5, 0.6) is 0 Å². The summed E-state index contributed by atoms with van der Waals surface area (Å²) in [6.07, 6.45) is -0.229. The molecule has 0 aromatic heterocycles. The number of hydrogen-bond acceptors (Lipinski definition) is 5. The summed E-state index contributed by atoms with van der Waals surface area (Å²) in [6.45, 7) is 3.65. The molecule has 1 N–H and O–H groups in total. The van der Waals surface area contributed by atoms with Crippen molar-refractivity contribution in [1.29, 1.82) is 0 Å². The van der Waals surface area contributed by atoms with Gasteiger partial charge in [0.15, 0.2) is 11.4 Å². The predicted molar refractivity (Wildman–Crippen MR) is 47.9 cm³/mol. The van der Waals surface area contributed by atoms with Crippen molar-refractivity contribution in [3.63, 3.8) is 0 Å². The third-order valence-corrected chi connectivity index (χ3v) is 3.30. The molecule has 2 bridgehead atoms. The monoisotopic (exact) mass is 214 g/mol. The van der Waals surface area contributed by atoms with Gasteiger partial charge < -0.3 is 19.3 Å². The van der Waals surface area contributed by atoms with Crippen LogP contribution < -0.4 is 0 Å². The fraction of sp³-hybridized carbons (Fsp3) is 0.900. The minimum absolute atomic E-state index is 0.230. The Morgan fingerprint density at radius 2 is 1.93 bits per heavy atom. The van der Waals surface area contributed by atoms with Crippen LogP contribution in [0, 0.1) is 0 Å². The van der Waals surface area contributed by atoms with Gasteiger partial charge in [-0.15, -0.1) is 0 Å². The number of hydrogen-bond donors (Lipinski definition) is 1. The molecule has 3 fully saturated rings. The van der Waals surface area contributed by atoms with E-state index in [0.717, 1.165) is 0 Å². The molecule has 5 heteroatoms.